The Morgan fingerprint density at radius 2 is 2.03 bits per heavy atom. The maximum atomic E-state index is 12.7. The second-order valence-electron chi connectivity index (χ2n) is 6.86. The van der Waals surface area contributed by atoms with E-state index in [2.05, 4.69) is 20.6 Å². The molecule has 2 heterocycles. The molecule has 2 N–H and O–H groups in total. The largest absolute Gasteiger partial charge is 0.434 e. The SMILES string of the molecule is CCNC(=NCc1ccccc1CN1CCCC1=O)NCc1nc(C(F)(F)F)cs1. The van der Waals surface area contributed by atoms with Crippen molar-refractivity contribution in [2.24, 2.45) is 4.99 Å². The molecule has 1 amide bonds. The van der Waals surface area contributed by atoms with Crippen LogP contribution in [0.4, 0.5) is 13.2 Å². The summed E-state index contributed by atoms with van der Waals surface area (Å²) in [5.41, 5.74) is 1.17. The first-order valence-electron chi connectivity index (χ1n) is 9.75. The molecule has 0 aliphatic carbocycles. The first-order valence-corrected chi connectivity index (χ1v) is 10.6. The van der Waals surface area contributed by atoms with Crippen molar-refractivity contribution in [1.82, 2.24) is 20.5 Å². The lowest BCUT2D eigenvalue weighted by Crippen LogP contribution is -2.36. The van der Waals surface area contributed by atoms with Gasteiger partial charge in [-0.1, -0.05) is 24.3 Å². The number of carbonyl (C=O) groups excluding carboxylic acids is 1. The Kier molecular flexibility index (Phi) is 7.30. The molecule has 30 heavy (non-hydrogen) atoms. The minimum atomic E-state index is -4.44. The lowest BCUT2D eigenvalue weighted by atomic mass is 10.1. The van der Waals surface area contributed by atoms with Gasteiger partial charge in [0, 0.05) is 31.4 Å². The molecule has 0 radical (unpaired) electrons. The normalized spacial score (nSPS) is 15.0. The topological polar surface area (TPSA) is 69.6 Å². The van der Waals surface area contributed by atoms with Gasteiger partial charge in [-0.05, 0) is 24.5 Å². The van der Waals surface area contributed by atoms with E-state index in [1.165, 1.54) is 0 Å². The van der Waals surface area contributed by atoms with Crippen LogP contribution in [0.25, 0.3) is 0 Å². The zero-order valence-electron chi connectivity index (χ0n) is 16.6. The van der Waals surface area contributed by atoms with Crippen LogP contribution in [-0.4, -0.2) is 34.8 Å². The summed E-state index contributed by atoms with van der Waals surface area (Å²) in [5.74, 6) is 0.665. The summed E-state index contributed by atoms with van der Waals surface area (Å²) in [6.07, 6.45) is -2.95. The highest BCUT2D eigenvalue weighted by Gasteiger charge is 2.33. The Balaban J connectivity index is 1.64. The van der Waals surface area contributed by atoms with Crippen molar-refractivity contribution >= 4 is 23.2 Å². The van der Waals surface area contributed by atoms with E-state index in [0.29, 0.717) is 37.0 Å². The highest BCUT2D eigenvalue weighted by Crippen LogP contribution is 2.29. The van der Waals surface area contributed by atoms with Gasteiger partial charge in [-0.2, -0.15) is 13.2 Å². The molecule has 10 heteroatoms. The molecular weight excluding hydrogens is 415 g/mol. The maximum Gasteiger partial charge on any atom is 0.434 e. The van der Waals surface area contributed by atoms with Gasteiger partial charge in [-0.15, -0.1) is 11.3 Å². The summed E-state index contributed by atoms with van der Waals surface area (Å²) in [6.45, 7) is 4.40. The van der Waals surface area contributed by atoms with Crippen molar-refractivity contribution in [3.8, 4) is 0 Å². The van der Waals surface area contributed by atoms with E-state index in [0.717, 1.165) is 40.8 Å². The monoisotopic (exact) mass is 439 g/mol. The molecule has 0 atom stereocenters. The molecule has 1 fully saturated rings. The fraction of sp³-hybridized carbons (Fsp3) is 0.450. The number of aromatic nitrogens is 1. The molecule has 0 saturated carbocycles. The van der Waals surface area contributed by atoms with E-state index in [-0.39, 0.29) is 12.5 Å². The van der Waals surface area contributed by atoms with Crippen LogP contribution < -0.4 is 10.6 Å². The van der Waals surface area contributed by atoms with Gasteiger partial charge < -0.3 is 15.5 Å². The summed E-state index contributed by atoms with van der Waals surface area (Å²) in [6, 6.07) is 7.83. The van der Waals surface area contributed by atoms with Crippen molar-refractivity contribution in [3.05, 3.63) is 51.5 Å². The highest BCUT2D eigenvalue weighted by molar-refractivity contribution is 7.09. The number of rotatable bonds is 7. The average Bonchev–Trinajstić information content (AvgIpc) is 3.34. The van der Waals surface area contributed by atoms with Crippen LogP contribution in [0.3, 0.4) is 0 Å². The average molecular weight is 440 g/mol. The molecule has 1 saturated heterocycles. The number of aliphatic imine (C=N–C) groups is 1. The molecule has 1 aliphatic heterocycles. The summed E-state index contributed by atoms with van der Waals surface area (Å²) < 4.78 is 38.1. The molecule has 0 unspecified atom stereocenters. The van der Waals surface area contributed by atoms with Crippen molar-refractivity contribution in [1.29, 1.82) is 0 Å². The Hall–Kier alpha value is -2.62. The number of nitrogens with zero attached hydrogens (tertiary/aromatic N) is 3. The van der Waals surface area contributed by atoms with Crippen LogP contribution in [0.5, 0.6) is 0 Å². The first-order chi connectivity index (χ1) is 14.4. The number of hydrogen-bond donors (Lipinski definition) is 2. The predicted octanol–water partition coefficient (Wildman–Crippen LogP) is 3.54. The number of carbonyl (C=O) groups is 1. The van der Waals surface area contributed by atoms with E-state index in [1.54, 1.807) is 0 Å². The van der Waals surface area contributed by atoms with Gasteiger partial charge in [0.05, 0.1) is 13.1 Å². The lowest BCUT2D eigenvalue weighted by Gasteiger charge is -2.18. The van der Waals surface area contributed by atoms with Crippen LogP contribution in [0.1, 0.15) is 41.6 Å². The number of hydrogen-bond acceptors (Lipinski definition) is 4. The first kappa shape index (κ1) is 22.1. The third kappa shape index (κ3) is 5.94. The van der Waals surface area contributed by atoms with Crippen molar-refractivity contribution in [2.45, 2.75) is 45.6 Å². The molecule has 1 aliphatic rings. The summed E-state index contributed by atoms with van der Waals surface area (Å²) in [5, 5.41) is 7.46. The number of amides is 1. The van der Waals surface area contributed by atoms with Crippen LogP contribution >= 0.6 is 11.3 Å². The number of thiazole rings is 1. The molecule has 3 rings (SSSR count). The third-order valence-electron chi connectivity index (χ3n) is 4.65. The summed E-state index contributed by atoms with van der Waals surface area (Å²) in [7, 11) is 0. The number of guanidine groups is 1. The Bertz CT molecular complexity index is 897. The quantitative estimate of drug-likeness (QED) is 0.512. The Labute approximate surface area is 177 Å². The molecule has 1 aromatic heterocycles. The van der Waals surface area contributed by atoms with Crippen molar-refractivity contribution in [2.75, 3.05) is 13.1 Å². The zero-order valence-corrected chi connectivity index (χ0v) is 17.4. The number of alkyl halides is 3. The Morgan fingerprint density at radius 1 is 1.27 bits per heavy atom. The minimum Gasteiger partial charge on any atom is -0.357 e. The zero-order chi connectivity index (χ0) is 21.6. The molecule has 162 valence electrons. The van der Waals surface area contributed by atoms with E-state index in [9.17, 15) is 18.0 Å². The van der Waals surface area contributed by atoms with E-state index in [4.69, 9.17) is 0 Å². The number of benzene rings is 1. The van der Waals surface area contributed by atoms with Gasteiger partial charge in [0.2, 0.25) is 5.91 Å². The molecule has 1 aromatic carbocycles. The number of nitrogens with one attached hydrogen (secondary N) is 2. The second-order valence-corrected chi connectivity index (χ2v) is 7.80. The van der Waals surface area contributed by atoms with E-state index < -0.39 is 11.9 Å². The van der Waals surface area contributed by atoms with Gasteiger partial charge in [-0.3, -0.25) is 4.79 Å². The smallest absolute Gasteiger partial charge is 0.357 e. The molecule has 2 aromatic rings. The fourth-order valence-corrected chi connectivity index (χ4v) is 3.87. The molecule has 6 nitrogen and oxygen atoms in total. The number of halogens is 3. The standard InChI is InChI=1S/C20H24F3N5OS/c1-2-24-19(26-11-17-27-16(13-30-17)20(21,22)23)25-10-14-6-3-4-7-15(14)12-28-9-5-8-18(28)29/h3-4,6-7,13H,2,5,8-12H2,1H3,(H2,24,25,26). The van der Waals surface area contributed by atoms with Crippen LogP contribution in [0.15, 0.2) is 34.6 Å². The van der Waals surface area contributed by atoms with Gasteiger partial charge in [0.1, 0.15) is 5.01 Å². The second kappa shape index (κ2) is 9.92. The Morgan fingerprint density at radius 3 is 2.67 bits per heavy atom. The van der Waals surface area contributed by atoms with E-state index >= 15 is 0 Å². The van der Waals surface area contributed by atoms with Gasteiger partial charge in [0.15, 0.2) is 11.7 Å². The van der Waals surface area contributed by atoms with Gasteiger partial charge in [-0.25, -0.2) is 9.98 Å². The van der Waals surface area contributed by atoms with Crippen LogP contribution in [0.2, 0.25) is 0 Å². The summed E-state index contributed by atoms with van der Waals surface area (Å²) in [4.78, 5) is 22.0. The third-order valence-corrected chi connectivity index (χ3v) is 5.50. The van der Waals surface area contributed by atoms with Gasteiger partial charge >= 0.3 is 6.18 Å². The maximum absolute atomic E-state index is 12.7. The summed E-state index contributed by atoms with van der Waals surface area (Å²) >= 11 is 0.957. The fourth-order valence-electron chi connectivity index (χ4n) is 3.13. The van der Waals surface area contributed by atoms with Crippen molar-refractivity contribution < 1.29 is 18.0 Å². The lowest BCUT2D eigenvalue weighted by molar-refractivity contribution is -0.140. The molecule has 0 bridgehead atoms. The van der Waals surface area contributed by atoms with Gasteiger partial charge in [0.25, 0.3) is 0 Å². The minimum absolute atomic E-state index is 0.149. The predicted molar refractivity (Wildman–Crippen MR) is 110 cm³/mol. The highest BCUT2D eigenvalue weighted by atomic mass is 32.1. The van der Waals surface area contributed by atoms with E-state index in [1.807, 2.05) is 36.1 Å². The van der Waals surface area contributed by atoms with Crippen LogP contribution in [0, 0.1) is 0 Å². The van der Waals surface area contributed by atoms with Crippen LogP contribution in [-0.2, 0) is 30.6 Å². The molecule has 0 spiro atoms. The molecular formula is C20H24F3N5OS. The number of likely N-dealkylation sites (tertiary alicyclic amines) is 1. The van der Waals surface area contributed by atoms with Crippen molar-refractivity contribution in [3.63, 3.8) is 0 Å².